The van der Waals surface area contributed by atoms with E-state index in [1.54, 1.807) is 0 Å². The molecule has 1 heterocycles. The molecule has 1 aliphatic rings. The quantitative estimate of drug-likeness (QED) is 0.766. The van der Waals surface area contributed by atoms with E-state index in [0.29, 0.717) is 18.4 Å². The highest BCUT2D eigenvalue weighted by Crippen LogP contribution is 2.31. The van der Waals surface area contributed by atoms with Crippen molar-refractivity contribution in [2.45, 2.75) is 25.8 Å². The molecule has 4 nitrogen and oxygen atoms in total. The average Bonchev–Trinajstić information content (AvgIpc) is 3.11. The predicted molar refractivity (Wildman–Crippen MR) is 64.6 cm³/mol. The molecule has 0 aliphatic heterocycles. The van der Waals surface area contributed by atoms with Gasteiger partial charge in [0.1, 0.15) is 5.82 Å². The molecule has 88 valence electrons. The Balaban J connectivity index is 1.85. The van der Waals surface area contributed by atoms with E-state index in [4.69, 9.17) is 10.5 Å². The van der Waals surface area contributed by atoms with E-state index in [1.807, 2.05) is 25.1 Å². The average molecular weight is 221 g/mol. The first-order chi connectivity index (χ1) is 7.79. The molecular weight excluding hydrogens is 202 g/mol. The molecule has 0 spiro atoms. The second-order valence-electron chi connectivity index (χ2n) is 4.18. The third kappa shape index (κ3) is 3.10. The van der Waals surface area contributed by atoms with Gasteiger partial charge < -0.3 is 15.8 Å². The van der Waals surface area contributed by atoms with E-state index in [2.05, 4.69) is 10.3 Å². The van der Waals surface area contributed by atoms with Gasteiger partial charge in [0.15, 0.2) is 0 Å². The van der Waals surface area contributed by atoms with Gasteiger partial charge in [-0.05, 0) is 31.7 Å². The van der Waals surface area contributed by atoms with Crippen LogP contribution in [0.2, 0.25) is 0 Å². The van der Waals surface area contributed by atoms with Crippen molar-refractivity contribution in [2.24, 2.45) is 11.7 Å². The minimum atomic E-state index is 0.248. The molecular formula is C12H19N3O. The molecule has 1 fully saturated rings. The fourth-order valence-electron chi connectivity index (χ4n) is 1.66. The lowest BCUT2D eigenvalue weighted by Crippen LogP contribution is -2.31. The standard InChI is InChI=1S/C12H19N3O/c1-2-16-12-5-3-4-11(15-12)14-8-10(13)9-6-7-9/h3-5,9-10H,2,6-8,13H2,1H3,(H,14,15). The second kappa shape index (κ2) is 5.16. The first kappa shape index (κ1) is 11.2. The normalized spacial score (nSPS) is 16.9. The lowest BCUT2D eigenvalue weighted by atomic mass is 10.2. The molecule has 16 heavy (non-hydrogen) atoms. The third-order valence-electron chi connectivity index (χ3n) is 2.76. The van der Waals surface area contributed by atoms with Gasteiger partial charge in [0.25, 0.3) is 0 Å². The number of aromatic nitrogens is 1. The van der Waals surface area contributed by atoms with Crippen molar-refractivity contribution < 1.29 is 4.74 Å². The monoisotopic (exact) mass is 221 g/mol. The van der Waals surface area contributed by atoms with E-state index >= 15 is 0 Å². The molecule has 4 heteroatoms. The number of ether oxygens (including phenoxy) is 1. The molecule has 1 aromatic rings. The van der Waals surface area contributed by atoms with Crippen molar-refractivity contribution in [2.75, 3.05) is 18.5 Å². The Morgan fingerprint density at radius 1 is 1.56 bits per heavy atom. The molecule has 1 aromatic heterocycles. The summed E-state index contributed by atoms with van der Waals surface area (Å²) < 4.78 is 5.33. The van der Waals surface area contributed by atoms with Crippen LogP contribution in [0.5, 0.6) is 5.88 Å². The highest BCUT2D eigenvalue weighted by molar-refractivity contribution is 5.37. The second-order valence-corrected chi connectivity index (χ2v) is 4.18. The largest absolute Gasteiger partial charge is 0.478 e. The van der Waals surface area contributed by atoms with Crippen LogP contribution in [0.25, 0.3) is 0 Å². The SMILES string of the molecule is CCOc1cccc(NCC(N)C2CC2)n1. The van der Waals surface area contributed by atoms with E-state index in [1.165, 1.54) is 12.8 Å². The summed E-state index contributed by atoms with van der Waals surface area (Å²) in [6.45, 7) is 3.37. The van der Waals surface area contributed by atoms with Gasteiger partial charge in [0.2, 0.25) is 5.88 Å². The van der Waals surface area contributed by atoms with E-state index < -0.39 is 0 Å². The molecule has 1 saturated carbocycles. The van der Waals surface area contributed by atoms with E-state index in [9.17, 15) is 0 Å². The Morgan fingerprint density at radius 2 is 2.38 bits per heavy atom. The van der Waals surface area contributed by atoms with Crippen molar-refractivity contribution >= 4 is 5.82 Å². The number of nitrogens with zero attached hydrogens (tertiary/aromatic N) is 1. The van der Waals surface area contributed by atoms with Crippen LogP contribution in [-0.2, 0) is 0 Å². The molecule has 1 aliphatic carbocycles. The van der Waals surface area contributed by atoms with Crippen molar-refractivity contribution in [3.8, 4) is 5.88 Å². The molecule has 3 N–H and O–H groups in total. The predicted octanol–water partition coefficient (Wildman–Crippen LogP) is 1.63. The lowest BCUT2D eigenvalue weighted by Gasteiger charge is -2.12. The number of anilines is 1. The summed E-state index contributed by atoms with van der Waals surface area (Å²) in [6.07, 6.45) is 2.55. The molecule has 0 aromatic carbocycles. The molecule has 0 bridgehead atoms. The number of nitrogens with two attached hydrogens (primary N) is 1. The number of rotatable bonds is 6. The van der Waals surface area contributed by atoms with Gasteiger partial charge in [-0.25, -0.2) is 0 Å². The zero-order valence-electron chi connectivity index (χ0n) is 9.65. The summed E-state index contributed by atoms with van der Waals surface area (Å²) in [4.78, 5) is 4.33. The Kier molecular flexibility index (Phi) is 3.62. The summed E-state index contributed by atoms with van der Waals surface area (Å²) >= 11 is 0. The third-order valence-corrected chi connectivity index (χ3v) is 2.76. The summed E-state index contributed by atoms with van der Waals surface area (Å²) in [7, 11) is 0. The maximum Gasteiger partial charge on any atom is 0.215 e. The van der Waals surface area contributed by atoms with Crippen molar-refractivity contribution in [1.29, 1.82) is 0 Å². The first-order valence-electron chi connectivity index (χ1n) is 5.89. The number of hydrogen-bond donors (Lipinski definition) is 2. The Hall–Kier alpha value is -1.29. The van der Waals surface area contributed by atoms with Gasteiger partial charge in [0.05, 0.1) is 6.61 Å². The summed E-state index contributed by atoms with van der Waals surface area (Å²) in [5.41, 5.74) is 6.00. The highest BCUT2D eigenvalue weighted by Gasteiger charge is 2.28. The van der Waals surface area contributed by atoms with Crippen LogP contribution in [0.15, 0.2) is 18.2 Å². The van der Waals surface area contributed by atoms with Gasteiger partial charge >= 0.3 is 0 Å². The smallest absolute Gasteiger partial charge is 0.215 e. The fraction of sp³-hybridized carbons (Fsp3) is 0.583. The van der Waals surface area contributed by atoms with Gasteiger partial charge in [0, 0.05) is 18.7 Å². The topological polar surface area (TPSA) is 60.2 Å². The van der Waals surface area contributed by atoms with Crippen molar-refractivity contribution in [3.63, 3.8) is 0 Å². The molecule has 1 unspecified atom stereocenters. The summed E-state index contributed by atoms with van der Waals surface area (Å²) in [5.74, 6) is 2.21. The van der Waals surface area contributed by atoms with Crippen LogP contribution in [0.4, 0.5) is 5.82 Å². The van der Waals surface area contributed by atoms with Gasteiger partial charge in [-0.3, -0.25) is 0 Å². The molecule has 1 atom stereocenters. The Bertz CT molecular complexity index is 339. The number of hydrogen-bond acceptors (Lipinski definition) is 4. The van der Waals surface area contributed by atoms with Gasteiger partial charge in [-0.2, -0.15) is 4.98 Å². The van der Waals surface area contributed by atoms with Gasteiger partial charge in [-0.1, -0.05) is 6.07 Å². The van der Waals surface area contributed by atoms with Crippen LogP contribution >= 0.6 is 0 Å². The van der Waals surface area contributed by atoms with Crippen molar-refractivity contribution in [1.82, 2.24) is 4.98 Å². The number of nitrogens with one attached hydrogen (secondary N) is 1. The van der Waals surface area contributed by atoms with Crippen LogP contribution in [0, 0.1) is 5.92 Å². The van der Waals surface area contributed by atoms with Crippen LogP contribution in [-0.4, -0.2) is 24.2 Å². The highest BCUT2D eigenvalue weighted by atomic mass is 16.5. The minimum absolute atomic E-state index is 0.248. The molecule has 0 radical (unpaired) electrons. The van der Waals surface area contributed by atoms with Crippen molar-refractivity contribution in [3.05, 3.63) is 18.2 Å². The van der Waals surface area contributed by atoms with Crippen LogP contribution in [0.1, 0.15) is 19.8 Å². The molecule has 0 saturated heterocycles. The fourth-order valence-corrected chi connectivity index (χ4v) is 1.66. The molecule has 2 rings (SSSR count). The Morgan fingerprint density at radius 3 is 3.06 bits per heavy atom. The van der Waals surface area contributed by atoms with E-state index in [-0.39, 0.29) is 6.04 Å². The maximum absolute atomic E-state index is 6.00. The zero-order chi connectivity index (χ0) is 11.4. The minimum Gasteiger partial charge on any atom is -0.478 e. The van der Waals surface area contributed by atoms with Gasteiger partial charge in [-0.15, -0.1) is 0 Å². The van der Waals surface area contributed by atoms with Crippen LogP contribution < -0.4 is 15.8 Å². The molecule has 0 amide bonds. The van der Waals surface area contributed by atoms with Crippen LogP contribution in [0.3, 0.4) is 0 Å². The summed E-state index contributed by atoms with van der Waals surface area (Å²) in [6, 6.07) is 5.97. The lowest BCUT2D eigenvalue weighted by molar-refractivity contribution is 0.327. The maximum atomic E-state index is 6.00. The summed E-state index contributed by atoms with van der Waals surface area (Å²) in [5, 5.41) is 3.25. The van der Waals surface area contributed by atoms with E-state index in [0.717, 1.165) is 12.4 Å². The zero-order valence-corrected chi connectivity index (χ0v) is 9.65. The number of pyridine rings is 1. The Labute approximate surface area is 96.2 Å². The first-order valence-corrected chi connectivity index (χ1v) is 5.89.